The van der Waals surface area contributed by atoms with Gasteiger partial charge in [0.2, 0.25) is 10.0 Å². The van der Waals surface area contributed by atoms with Crippen LogP contribution in [-0.4, -0.2) is 71.3 Å². The number of hydrogen-bond donors (Lipinski definition) is 2. The summed E-state index contributed by atoms with van der Waals surface area (Å²) in [4.78, 5) is 19.2. The highest BCUT2D eigenvalue weighted by atomic mass is 32.2. The summed E-state index contributed by atoms with van der Waals surface area (Å²) >= 11 is 0. The molecular weight excluding hydrogens is 440 g/mol. The lowest BCUT2D eigenvalue weighted by atomic mass is 10.1. The van der Waals surface area contributed by atoms with Crippen molar-refractivity contribution in [2.45, 2.75) is 25.9 Å². The molecule has 33 heavy (non-hydrogen) atoms. The van der Waals surface area contributed by atoms with Gasteiger partial charge in [-0.3, -0.25) is 0 Å². The van der Waals surface area contributed by atoms with Crippen molar-refractivity contribution in [3.63, 3.8) is 0 Å². The molecule has 0 aliphatic carbocycles. The number of nitrogens with zero attached hydrogens (tertiary/aromatic N) is 4. The Morgan fingerprint density at radius 3 is 2.88 bits per heavy atom. The molecule has 10 heteroatoms. The summed E-state index contributed by atoms with van der Waals surface area (Å²) in [6.07, 6.45) is 3.81. The van der Waals surface area contributed by atoms with E-state index in [1.165, 1.54) is 10.6 Å². The molecule has 0 spiro atoms. The number of aromatic nitrogens is 4. The molecule has 0 radical (unpaired) electrons. The van der Waals surface area contributed by atoms with Crippen LogP contribution < -0.4 is 4.90 Å². The minimum Gasteiger partial charge on any atom is -0.377 e. The van der Waals surface area contributed by atoms with E-state index in [4.69, 9.17) is 14.7 Å². The van der Waals surface area contributed by atoms with Gasteiger partial charge in [-0.1, -0.05) is 12.1 Å². The molecule has 0 amide bonds. The Morgan fingerprint density at radius 2 is 2.06 bits per heavy atom. The Kier molecular flexibility index (Phi) is 4.72. The minimum absolute atomic E-state index is 0.167. The fraction of sp³-hybridized carbons (Fsp3) is 0.391. The smallest absolute Gasteiger partial charge is 0.211 e. The van der Waals surface area contributed by atoms with Gasteiger partial charge in [-0.25, -0.2) is 18.4 Å². The molecule has 0 unspecified atom stereocenters. The van der Waals surface area contributed by atoms with E-state index in [1.807, 2.05) is 30.5 Å². The topological polar surface area (TPSA) is 107 Å². The molecule has 1 aromatic carbocycles. The third kappa shape index (κ3) is 3.40. The van der Waals surface area contributed by atoms with Crippen molar-refractivity contribution >= 4 is 37.8 Å². The average molecular weight is 467 g/mol. The van der Waals surface area contributed by atoms with Crippen LogP contribution in [0.2, 0.25) is 0 Å². The first-order chi connectivity index (χ1) is 15.9. The fourth-order valence-corrected chi connectivity index (χ4v) is 5.75. The Labute approximate surface area is 191 Å². The molecule has 1 saturated heterocycles. The lowest BCUT2D eigenvalue weighted by Crippen LogP contribution is -2.44. The second kappa shape index (κ2) is 7.54. The zero-order chi connectivity index (χ0) is 22.7. The number of H-pyrrole nitrogens is 2. The predicted octanol–water partition coefficient (Wildman–Crippen LogP) is 2.65. The Hall–Kier alpha value is -2.95. The standard InChI is InChI=1S/C23H26N6O3S/c1-14-13-32-11-10-29(14)23-21-20(17-12-28(33(2,30)31)9-7-19(17)25-21)26-22(27-23)16-4-3-5-18-15(16)6-8-24-18/h3-6,8,14,24-25H,7,9-13H2,1-2H3/t14-/m1/s1. The molecule has 1 fully saturated rings. The quantitative estimate of drug-likeness (QED) is 0.481. The van der Waals surface area contributed by atoms with E-state index in [1.54, 1.807) is 0 Å². The van der Waals surface area contributed by atoms with Gasteiger partial charge in [0.1, 0.15) is 5.52 Å². The second-order valence-electron chi connectivity index (χ2n) is 8.88. The monoisotopic (exact) mass is 466 g/mol. The van der Waals surface area contributed by atoms with Crippen LogP contribution >= 0.6 is 0 Å². The van der Waals surface area contributed by atoms with Crippen LogP contribution in [0, 0.1) is 0 Å². The second-order valence-corrected chi connectivity index (χ2v) is 10.9. The number of ether oxygens (including phenoxy) is 1. The van der Waals surface area contributed by atoms with Crippen LogP contribution in [0.5, 0.6) is 0 Å². The first-order valence-electron chi connectivity index (χ1n) is 11.2. The number of hydrogen-bond acceptors (Lipinski definition) is 6. The lowest BCUT2D eigenvalue weighted by Gasteiger charge is -2.34. The Morgan fingerprint density at radius 1 is 1.18 bits per heavy atom. The minimum atomic E-state index is -3.29. The van der Waals surface area contributed by atoms with Gasteiger partial charge in [0.05, 0.1) is 31.0 Å². The molecule has 2 N–H and O–H groups in total. The number of nitrogens with one attached hydrogen (secondary N) is 2. The fourth-order valence-electron chi connectivity index (χ4n) is 4.96. The SMILES string of the molecule is C[C@@H]1COCCN1c1nc(-c2cccc3[nH]ccc23)nc2c3c([nH]c12)CCN(S(C)(=O)=O)C3. The van der Waals surface area contributed by atoms with E-state index < -0.39 is 10.0 Å². The third-order valence-electron chi connectivity index (χ3n) is 6.71. The maximum atomic E-state index is 12.3. The summed E-state index contributed by atoms with van der Waals surface area (Å²) in [5.74, 6) is 1.48. The maximum Gasteiger partial charge on any atom is 0.211 e. The van der Waals surface area contributed by atoms with Gasteiger partial charge in [-0.2, -0.15) is 4.31 Å². The molecule has 2 aliphatic heterocycles. The van der Waals surface area contributed by atoms with Gasteiger partial charge >= 0.3 is 0 Å². The van der Waals surface area contributed by atoms with Crippen molar-refractivity contribution in [3.05, 3.63) is 41.7 Å². The van der Waals surface area contributed by atoms with Crippen molar-refractivity contribution in [1.29, 1.82) is 0 Å². The van der Waals surface area contributed by atoms with E-state index in [2.05, 4.69) is 21.8 Å². The zero-order valence-corrected chi connectivity index (χ0v) is 19.4. The molecule has 1 atom stereocenters. The molecule has 0 saturated carbocycles. The van der Waals surface area contributed by atoms with Crippen molar-refractivity contribution in [2.24, 2.45) is 0 Å². The Bertz CT molecular complexity index is 1470. The van der Waals surface area contributed by atoms with Crippen LogP contribution in [0.25, 0.3) is 33.3 Å². The summed E-state index contributed by atoms with van der Waals surface area (Å²) in [5.41, 5.74) is 5.62. The number of sulfonamides is 1. The molecule has 172 valence electrons. The van der Waals surface area contributed by atoms with E-state index >= 15 is 0 Å². The van der Waals surface area contributed by atoms with Crippen LogP contribution in [0.15, 0.2) is 30.5 Å². The van der Waals surface area contributed by atoms with Crippen molar-refractivity contribution in [1.82, 2.24) is 24.2 Å². The highest BCUT2D eigenvalue weighted by molar-refractivity contribution is 7.88. The van der Waals surface area contributed by atoms with Crippen molar-refractivity contribution in [3.8, 4) is 11.4 Å². The van der Waals surface area contributed by atoms with Gasteiger partial charge in [0, 0.05) is 60.0 Å². The van der Waals surface area contributed by atoms with Gasteiger partial charge in [0.15, 0.2) is 11.6 Å². The van der Waals surface area contributed by atoms with Crippen molar-refractivity contribution < 1.29 is 13.2 Å². The summed E-state index contributed by atoms with van der Waals surface area (Å²) < 4.78 is 31.7. The van der Waals surface area contributed by atoms with Gasteiger partial charge < -0.3 is 19.6 Å². The number of anilines is 1. The summed E-state index contributed by atoms with van der Waals surface area (Å²) in [6.45, 7) is 4.92. The van der Waals surface area contributed by atoms with Gasteiger partial charge in [-0.15, -0.1) is 0 Å². The molecule has 3 aromatic heterocycles. The molecule has 5 heterocycles. The van der Waals surface area contributed by atoms with Crippen molar-refractivity contribution in [2.75, 3.05) is 37.5 Å². The Balaban J connectivity index is 1.60. The molecule has 0 bridgehead atoms. The number of fused-ring (bicyclic) bond motifs is 4. The highest BCUT2D eigenvalue weighted by Crippen LogP contribution is 2.36. The van der Waals surface area contributed by atoms with E-state index in [-0.39, 0.29) is 6.04 Å². The molecule has 6 rings (SSSR count). The molecule has 4 aromatic rings. The number of aromatic amines is 2. The number of benzene rings is 1. The first kappa shape index (κ1) is 20.6. The lowest BCUT2D eigenvalue weighted by molar-refractivity contribution is 0.0987. The largest absolute Gasteiger partial charge is 0.377 e. The van der Waals surface area contributed by atoms with Crippen LogP contribution in [0.1, 0.15) is 18.2 Å². The number of morpholine rings is 1. The number of rotatable bonds is 3. The normalized spacial score (nSPS) is 19.9. The summed E-state index contributed by atoms with van der Waals surface area (Å²) in [7, 11) is -3.29. The van der Waals surface area contributed by atoms with Crippen LogP contribution in [0.4, 0.5) is 5.82 Å². The summed E-state index contributed by atoms with van der Waals surface area (Å²) in [6, 6.07) is 8.26. The van der Waals surface area contributed by atoms with E-state index in [0.29, 0.717) is 38.5 Å². The van der Waals surface area contributed by atoms with E-state index in [0.717, 1.165) is 51.1 Å². The zero-order valence-electron chi connectivity index (χ0n) is 18.6. The van der Waals surface area contributed by atoms with Gasteiger partial charge in [-0.05, 0) is 19.1 Å². The first-order valence-corrected chi connectivity index (χ1v) is 13.0. The van der Waals surface area contributed by atoms with E-state index in [9.17, 15) is 8.42 Å². The highest BCUT2D eigenvalue weighted by Gasteiger charge is 2.31. The molecule has 2 aliphatic rings. The molecule has 9 nitrogen and oxygen atoms in total. The summed E-state index contributed by atoms with van der Waals surface area (Å²) in [5, 5.41) is 1.06. The average Bonchev–Trinajstić information content (AvgIpc) is 3.42. The van der Waals surface area contributed by atoms with Crippen LogP contribution in [0.3, 0.4) is 0 Å². The third-order valence-corrected chi connectivity index (χ3v) is 7.96. The predicted molar refractivity (Wildman–Crippen MR) is 128 cm³/mol. The van der Waals surface area contributed by atoms with Crippen LogP contribution in [-0.2, 0) is 27.7 Å². The molecular formula is C23H26N6O3S. The van der Waals surface area contributed by atoms with Gasteiger partial charge in [0.25, 0.3) is 0 Å². The maximum absolute atomic E-state index is 12.3.